The van der Waals surface area contributed by atoms with Crippen LogP contribution >= 0.6 is 0 Å². The Hall–Kier alpha value is -2.95. The van der Waals surface area contributed by atoms with E-state index in [9.17, 15) is 4.79 Å². The Morgan fingerprint density at radius 2 is 2.08 bits per heavy atom. The van der Waals surface area contributed by atoms with E-state index >= 15 is 0 Å². The number of methoxy groups -OCH3 is 1. The van der Waals surface area contributed by atoms with Gasteiger partial charge in [-0.15, -0.1) is 0 Å². The molecule has 4 rings (SSSR count). The van der Waals surface area contributed by atoms with E-state index in [1.807, 2.05) is 43.3 Å². The van der Waals surface area contributed by atoms with Crippen molar-refractivity contribution in [3.05, 3.63) is 64.0 Å². The largest absolute Gasteiger partial charge is 0.497 e. The molecule has 1 aliphatic heterocycles. The van der Waals surface area contributed by atoms with Gasteiger partial charge in [-0.3, -0.25) is 0 Å². The number of hydrogen-bond acceptors (Lipinski definition) is 5. The van der Waals surface area contributed by atoms with Gasteiger partial charge < -0.3 is 18.8 Å². The fourth-order valence-electron chi connectivity index (χ4n) is 3.26. The molecule has 1 aliphatic rings. The first-order valence-electron chi connectivity index (χ1n) is 8.30. The summed E-state index contributed by atoms with van der Waals surface area (Å²) in [5, 5.41) is 0.969. The fourth-order valence-corrected chi connectivity index (χ4v) is 3.26. The van der Waals surface area contributed by atoms with E-state index in [-0.39, 0.29) is 5.63 Å². The first kappa shape index (κ1) is 15.6. The summed E-state index contributed by atoms with van der Waals surface area (Å²) in [5.74, 6) is 1.56. The maximum absolute atomic E-state index is 11.9. The summed E-state index contributed by atoms with van der Waals surface area (Å²) in [6, 6.07) is 13.3. The minimum atomic E-state index is -0.323. The minimum absolute atomic E-state index is 0.323. The van der Waals surface area contributed by atoms with Gasteiger partial charge in [-0.1, -0.05) is 13.0 Å². The van der Waals surface area contributed by atoms with Crippen LogP contribution in [0.4, 0.5) is 5.69 Å². The zero-order chi connectivity index (χ0) is 17.4. The van der Waals surface area contributed by atoms with Gasteiger partial charge >= 0.3 is 5.63 Å². The molecule has 0 saturated heterocycles. The summed E-state index contributed by atoms with van der Waals surface area (Å²) in [6.07, 6.45) is 0.779. The smallest absolute Gasteiger partial charge is 0.336 e. The van der Waals surface area contributed by atoms with Crippen LogP contribution in [0, 0.1) is 0 Å². The minimum Gasteiger partial charge on any atom is -0.497 e. The van der Waals surface area contributed by atoms with Gasteiger partial charge in [0.05, 0.1) is 19.2 Å². The molecule has 3 aromatic rings. The molecule has 0 bridgehead atoms. The van der Waals surface area contributed by atoms with Crippen LogP contribution in [-0.2, 0) is 13.0 Å². The van der Waals surface area contributed by atoms with Crippen molar-refractivity contribution < 1.29 is 13.9 Å². The van der Waals surface area contributed by atoms with Crippen LogP contribution in [0.2, 0.25) is 0 Å². The van der Waals surface area contributed by atoms with Gasteiger partial charge in [-0.2, -0.15) is 0 Å². The van der Waals surface area contributed by atoms with E-state index in [0.717, 1.165) is 40.1 Å². The van der Waals surface area contributed by atoms with Crippen LogP contribution in [0.5, 0.6) is 11.5 Å². The molecule has 1 aromatic heterocycles. The highest BCUT2D eigenvalue weighted by Crippen LogP contribution is 2.35. The highest BCUT2D eigenvalue weighted by molar-refractivity contribution is 5.85. The third-order valence-corrected chi connectivity index (χ3v) is 4.58. The van der Waals surface area contributed by atoms with Crippen LogP contribution in [0.1, 0.15) is 18.1 Å². The zero-order valence-corrected chi connectivity index (χ0v) is 14.2. The van der Waals surface area contributed by atoms with Crippen LogP contribution in [0.3, 0.4) is 0 Å². The van der Waals surface area contributed by atoms with E-state index in [2.05, 4.69) is 4.90 Å². The highest BCUT2D eigenvalue weighted by atomic mass is 16.5. The molecule has 0 saturated carbocycles. The molecule has 5 nitrogen and oxygen atoms in total. The molecule has 0 aliphatic carbocycles. The zero-order valence-electron chi connectivity index (χ0n) is 14.2. The Labute approximate surface area is 145 Å². The summed E-state index contributed by atoms with van der Waals surface area (Å²) >= 11 is 0. The first-order valence-corrected chi connectivity index (χ1v) is 8.30. The Bertz CT molecular complexity index is 993. The summed E-state index contributed by atoms with van der Waals surface area (Å²) in [6.45, 7) is 3.08. The summed E-state index contributed by atoms with van der Waals surface area (Å²) < 4.78 is 16.8. The Morgan fingerprint density at radius 1 is 1.20 bits per heavy atom. The van der Waals surface area contributed by atoms with Crippen LogP contribution in [0.15, 0.2) is 51.7 Å². The number of aryl methyl sites for hydroxylation is 1. The number of fused-ring (bicyclic) bond motifs is 3. The van der Waals surface area contributed by atoms with E-state index in [1.54, 1.807) is 13.2 Å². The van der Waals surface area contributed by atoms with Crippen molar-refractivity contribution in [2.45, 2.75) is 19.9 Å². The summed E-state index contributed by atoms with van der Waals surface area (Å²) in [4.78, 5) is 14.0. The molecule has 0 atom stereocenters. The van der Waals surface area contributed by atoms with Gasteiger partial charge in [0.1, 0.15) is 17.1 Å². The van der Waals surface area contributed by atoms with Crippen molar-refractivity contribution >= 4 is 16.7 Å². The SMILES string of the molecule is CCc1cc(=O)oc2c3c(ccc12)OCN(c1cccc(OC)c1)C3. The van der Waals surface area contributed by atoms with E-state index in [1.165, 1.54) is 0 Å². The molecular weight excluding hydrogens is 318 g/mol. The van der Waals surface area contributed by atoms with Crippen molar-refractivity contribution in [1.29, 1.82) is 0 Å². The standard InChI is InChI=1S/C20H19NO4/c1-3-13-9-19(22)25-20-16(13)7-8-18-17(20)11-21(12-24-18)14-5-4-6-15(10-14)23-2/h4-10H,3,11-12H2,1-2H3. The second-order valence-electron chi connectivity index (χ2n) is 6.04. The topological polar surface area (TPSA) is 51.9 Å². The number of nitrogens with zero attached hydrogens (tertiary/aromatic N) is 1. The lowest BCUT2D eigenvalue weighted by molar-refractivity contribution is 0.289. The maximum Gasteiger partial charge on any atom is 0.336 e. The molecule has 0 radical (unpaired) electrons. The molecular formula is C20H19NO4. The summed E-state index contributed by atoms with van der Waals surface area (Å²) in [5.41, 5.74) is 3.19. The fraction of sp³-hybridized carbons (Fsp3) is 0.250. The molecule has 2 aromatic carbocycles. The Morgan fingerprint density at radius 3 is 2.88 bits per heavy atom. The van der Waals surface area contributed by atoms with Crippen molar-refractivity contribution in [1.82, 2.24) is 0 Å². The predicted octanol–water partition coefficient (Wildman–Crippen LogP) is 3.72. The normalized spacial score (nSPS) is 13.4. The van der Waals surface area contributed by atoms with Crippen molar-refractivity contribution in [3.8, 4) is 11.5 Å². The van der Waals surface area contributed by atoms with Crippen LogP contribution in [-0.4, -0.2) is 13.8 Å². The molecule has 0 amide bonds. The van der Waals surface area contributed by atoms with Gasteiger partial charge in [-0.25, -0.2) is 4.79 Å². The summed E-state index contributed by atoms with van der Waals surface area (Å²) in [7, 11) is 1.65. The Balaban J connectivity index is 1.81. The quantitative estimate of drug-likeness (QED) is 0.682. The molecule has 2 heterocycles. The third-order valence-electron chi connectivity index (χ3n) is 4.58. The van der Waals surface area contributed by atoms with Crippen LogP contribution < -0.4 is 20.0 Å². The second kappa shape index (κ2) is 6.16. The predicted molar refractivity (Wildman–Crippen MR) is 96.5 cm³/mol. The number of benzene rings is 2. The molecule has 128 valence electrons. The van der Waals surface area contributed by atoms with Gasteiger partial charge in [0.2, 0.25) is 0 Å². The van der Waals surface area contributed by atoms with E-state index in [0.29, 0.717) is 18.9 Å². The number of hydrogen-bond donors (Lipinski definition) is 0. The average molecular weight is 337 g/mol. The molecule has 0 unspecified atom stereocenters. The van der Waals surface area contributed by atoms with Gasteiger partial charge in [0.15, 0.2) is 6.73 Å². The van der Waals surface area contributed by atoms with Crippen LogP contribution in [0.25, 0.3) is 11.0 Å². The third kappa shape index (κ3) is 2.71. The molecule has 25 heavy (non-hydrogen) atoms. The lowest BCUT2D eigenvalue weighted by Gasteiger charge is -2.31. The first-order chi connectivity index (χ1) is 12.2. The molecule has 5 heteroatoms. The van der Waals surface area contributed by atoms with Gasteiger partial charge in [-0.05, 0) is 36.2 Å². The highest BCUT2D eigenvalue weighted by Gasteiger charge is 2.22. The number of ether oxygens (including phenoxy) is 2. The van der Waals surface area contributed by atoms with Crippen molar-refractivity contribution in [2.24, 2.45) is 0 Å². The van der Waals surface area contributed by atoms with E-state index in [4.69, 9.17) is 13.9 Å². The van der Waals surface area contributed by atoms with Crippen molar-refractivity contribution in [2.75, 3.05) is 18.7 Å². The average Bonchev–Trinajstić information content (AvgIpc) is 2.66. The number of rotatable bonds is 3. The van der Waals surface area contributed by atoms with Crippen molar-refractivity contribution in [3.63, 3.8) is 0 Å². The number of anilines is 1. The lowest BCUT2D eigenvalue weighted by atomic mass is 10.0. The van der Waals surface area contributed by atoms with E-state index < -0.39 is 0 Å². The second-order valence-corrected chi connectivity index (χ2v) is 6.04. The van der Waals surface area contributed by atoms with Gasteiger partial charge in [0, 0.05) is 23.2 Å². The lowest BCUT2D eigenvalue weighted by Crippen LogP contribution is -2.32. The molecule has 0 N–H and O–H groups in total. The Kier molecular flexibility index (Phi) is 3.84. The molecule has 0 spiro atoms. The maximum atomic E-state index is 11.9. The molecule has 0 fully saturated rings. The van der Waals surface area contributed by atoms with Gasteiger partial charge in [0.25, 0.3) is 0 Å². The monoisotopic (exact) mass is 337 g/mol.